The van der Waals surface area contributed by atoms with Crippen molar-refractivity contribution in [2.75, 3.05) is 17.6 Å². The second kappa shape index (κ2) is 7.37. The number of hydrogen-bond donors (Lipinski definition) is 1. The number of nitrogens with zero attached hydrogens (tertiary/aromatic N) is 4. The smallest absolute Gasteiger partial charge is 0.233 e. The van der Waals surface area contributed by atoms with Crippen LogP contribution in [0.4, 0.5) is 5.82 Å². The highest BCUT2D eigenvalue weighted by atomic mass is 32.2. The van der Waals surface area contributed by atoms with Crippen molar-refractivity contribution in [3.63, 3.8) is 0 Å². The first-order valence-corrected chi connectivity index (χ1v) is 11.1. The van der Waals surface area contributed by atoms with E-state index in [1.54, 1.807) is 26.2 Å². The normalized spacial score (nSPS) is 14.4. The molecule has 2 heterocycles. The number of hydrogen-bond acceptors (Lipinski definition) is 6. The monoisotopic (exact) mass is 411 g/mol. The van der Waals surface area contributed by atoms with Gasteiger partial charge >= 0.3 is 0 Å². The van der Waals surface area contributed by atoms with Crippen molar-refractivity contribution in [1.82, 2.24) is 14.8 Å². The van der Waals surface area contributed by atoms with E-state index in [4.69, 9.17) is 4.74 Å². The molecule has 1 N–H and O–H groups in total. The largest absolute Gasteiger partial charge is 0.497 e. The number of nitrogens with one attached hydrogen (secondary N) is 1. The molecule has 8 nitrogen and oxygen atoms in total. The van der Waals surface area contributed by atoms with E-state index in [2.05, 4.69) is 25.6 Å². The van der Waals surface area contributed by atoms with E-state index in [0.717, 1.165) is 35.9 Å². The molecule has 1 aromatic carbocycles. The summed E-state index contributed by atoms with van der Waals surface area (Å²) in [5.41, 5.74) is 2.70. The van der Waals surface area contributed by atoms with Gasteiger partial charge in [-0.25, -0.2) is 8.42 Å². The number of methoxy groups -OCH3 is 1. The maximum atomic E-state index is 11.8. The van der Waals surface area contributed by atoms with Gasteiger partial charge in [0.05, 0.1) is 29.6 Å². The fraction of sp³-hybridized carbons (Fsp3) is 0.350. The fourth-order valence-corrected chi connectivity index (χ4v) is 4.12. The van der Waals surface area contributed by atoms with E-state index in [0.29, 0.717) is 17.0 Å². The molecule has 9 heteroatoms. The average Bonchev–Trinajstić information content (AvgIpc) is 3.00. The third-order valence-electron chi connectivity index (χ3n) is 5.31. The number of anilines is 1. The average molecular weight is 411 g/mol. The molecule has 2 aromatic heterocycles. The molecule has 1 fully saturated rings. The molecule has 1 aliphatic carbocycles. The van der Waals surface area contributed by atoms with Gasteiger partial charge in [-0.2, -0.15) is 5.26 Å². The van der Waals surface area contributed by atoms with E-state index in [9.17, 15) is 13.7 Å². The zero-order valence-corrected chi connectivity index (χ0v) is 17.0. The lowest BCUT2D eigenvalue weighted by atomic mass is 9.92. The van der Waals surface area contributed by atoms with Crippen molar-refractivity contribution in [3.8, 4) is 23.2 Å². The summed E-state index contributed by atoms with van der Waals surface area (Å²) in [6.45, 7) is 1.55. The molecular weight excluding hydrogens is 390 g/mol. The molecule has 0 spiro atoms. The van der Waals surface area contributed by atoms with E-state index < -0.39 is 10.0 Å². The lowest BCUT2D eigenvalue weighted by molar-refractivity contribution is 0.323. The molecule has 3 aromatic rings. The predicted octanol–water partition coefficient (Wildman–Crippen LogP) is 3.47. The summed E-state index contributed by atoms with van der Waals surface area (Å²) in [7, 11) is -1.81. The number of rotatable bonds is 6. The van der Waals surface area contributed by atoms with E-state index in [1.807, 2.05) is 18.2 Å². The molecule has 0 bridgehead atoms. The molecule has 29 heavy (non-hydrogen) atoms. The Balaban J connectivity index is 1.87. The summed E-state index contributed by atoms with van der Waals surface area (Å²) < 4.78 is 33.4. The molecule has 0 saturated heterocycles. The van der Waals surface area contributed by atoms with Gasteiger partial charge < -0.3 is 9.30 Å². The van der Waals surface area contributed by atoms with Crippen LogP contribution >= 0.6 is 0 Å². The van der Waals surface area contributed by atoms with E-state index >= 15 is 0 Å². The fourth-order valence-electron chi connectivity index (χ4n) is 3.55. The maximum absolute atomic E-state index is 11.8. The van der Waals surface area contributed by atoms with Gasteiger partial charge in [0.1, 0.15) is 17.5 Å². The molecule has 150 valence electrons. The SMILES string of the molecule is CCS(=O)(=O)Nc1ccc(-c2c(C#N)c3ccc(OC)cc3n2C2CCC2)nn1. The van der Waals surface area contributed by atoms with E-state index in [1.165, 1.54) is 0 Å². The number of benzene rings is 1. The summed E-state index contributed by atoms with van der Waals surface area (Å²) in [6.07, 6.45) is 3.19. The van der Waals surface area contributed by atoms with Gasteiger partial charge in [0.25, 0.3) is 0 Å². The predicted molar refractivity (Wildman–Crippen MR) is 110 cm³/mol. The van der Waals surface area contributed by atoms with Crippen molar-refractivity contribution >= 4 is 26.7 Å². The first-order chi connectivity index (χ1) is 14.0. The number of fused-ring (bicyclic) bond motifs is 1. The van der Waals surface area contributed by atoms with E-state index in [-0.39, 0.29) is 17.6 Å². The van der Waals surface area contributed by atoms with Crippen molar-refractivity contribution in [2.24, 2.45) is 0 Å². The van der Waals surface area contributed by atoms with Gasteiger partial charge in [0.15, 0.2) is 5.82 Å². The summed E-state index contributed by atoms with van der Waals surface area (Å²) >= 11 is 0. The molecule has 4 rings (SSSR count). The van der Waals surface area contributed by atoms with Crippen molar-refractivity contribution in [1.29, 1.82) is 5.26 Å². The number of ether oxygens (including phenoxy) is 1. The van der Waals surface area contributed by atoms with Gasteiger partial charge in [-0.15, -0.1) is 10.2 Å². The Morgan fingerprint density at radius 2 is 2.07 bits per heavy atom. The van der Waals surface area contributed by atoms with Crippen molar-refractivity contribution in [3.05, 3.63) is 35.9 Å². The van der Waals surface area contributed by atoms with Crippen LogP contribution in [0, 0.1) is 11.3 Å². The molecule has 1 aliphatic rings. The van der Waals surface area contributed by atoms with Crippen LogP contribution in [0.3, 0.4) is 0 Å². The van der Waals surface area contributed by atoms with Gasteiger partial charge in [-0.3, -0.25) is 4.72 Å². The summed E-state index contributed by atoms with van der Waals surface area (Å²) in [5, 5.41) is 19.0. The highest BCUT2D eigenvalue weighted by Crippen LogP contribution is 2.42. The quantitative estimate of drug-likeness (QED) is 0.665. The minimum atomic E-state index is -3.43. The minimum absolute atomic E-state index is 0.0488. The van der Waals surface area contributed by atoms with Crippen LogP contribution in [-0.4, -0.2) is 36.0 Å². The van der Waals surface area contributed by atoms with Crippen molar-refractivity contribution in [2.45, 2.75) is 32.2 Å². The van der Waals surface area contributed by atoms with Gasteiger partial charge in [-0.05, 0) is 50.5 Å². The highest BCUT2D eigenvalue weighted by molar-refractivity contribution is 7.92. The van der Waals surface area contributed by atoms with Crippen molar-refractivity contribution < 1.29 is 13.2 Å². The molecule has 1 saturated carbocycles. The summed E-state index contributed by atoms with van der Waals surface area (Å²) in [4.78, 5) is 0. The Labute approximate surface area is 169 Å². The lowest BCUT2D eigenvalue weighted by Gasteiger charge is -2.30. The first-order valence-electron chi connectivity index (χ1n) is 9.44. The standard InChI is InChI=1S/C20H21N5O3S/c1-3-29(26,27)24-19-10-9-17(22-23-19)20-16(12-21)15-8-7-14(28-2)11-18(15)25(20)13-5-4-6-13/h7-11,13H,3-6H2,1-2H3,(H,23,24). The maximum Gasteiger partial charge on any atom is 0.233 e. The minimum Gasteiger partial charge on any atom is -0.497 e. The zero-order chi connectivity index (χ0) is 20.6. The number of nitriles is 1. The second-order valence-corrected chi connectivity index (χ2v) is 8.99. The number of sulfonamides is 1. The van der Waals surface area contributed by atoms with Crippen LogP contribution in [-0.2, 0) is 10.0 Å². The van der Waals surface area contributed by atoms with Gasteiger partial charge in [0, 0.05) is 17.5 Å². The summed E-state index contributed by atoms with van der Waals surface area (Å²) in [5.74, 6) is 0.830. The van der Waals surface area contributed by atoms with Gasteiger partial charge in [-0.1, -0.05) is 0 Å². The lowest BCUT2D eigenvalue weighted by Crippen LogP contribution is -2.18. The Hall–Kier alpha value is -3.12. The molecule has 0 atom stereocenters. The molecule has 0 radical (unpaired) electrons. The Bertz CT molecular complexity index is 1210. The Morgan fingerprint density at radius 1 is 1.28 bits per heavy atom. The Morgan fingerprint density at radius 3 is 2.62 bits per heavy atom. The second-order valence-electron chi connectivity index (χ2n) is 6.98. The number of aromatic nitrogens is 3. The highest BCUT2D eigenvalue weighted by Gasteiger charge is 2.28. The molecular formula is C20H21N5O3S. The summed E-state index contributed by atoms with van der Waals surface area (Å²) in [6, 6.07) is 11.5. The van der Waals surface area contributed by atoms with Crippen LogP contribution in [0.1, 0.15) is 37.8 Å². The van der Waals surface area contributed by atoms with Gasteiger partial charge in [0.2, 0.25) is 10.0 Å². The first kappa shape index (κ1) is 19.2. The third kappa shape index (κ3) is 3.40. The Kier molecular flexibility index (Phi) is 4.88. The van der Waals surface area contributed by atoms with Crippen LogP contribution in [0.2, 0.25) is 0 Å². The van der Waals surface area contributed by atoms with Crippen LogP contribution < -0.4 is 9.46 Å². The third-order valence-corrected chi connectivity index (χ3v) is 6.59. The molecule has 0 unspecified atom stereocenters. The molecule has 0 aliphatic heterocycles. The van der Waals surface area contributed by atoms with Crippen LogP contribution in [0.15, 0.2) is 30.3 Å². The van der Waals surface area contributed by atoms with Crippen LogP contribution in [0.25, 0.3) is 22.3 Å². The van der Waals surface area contributed by atoms with Crippen LogP contribution in [0.5, 0.6) is 5.75 Å². The zero-order valence-electron chi connectivity index (χ0n) is 16.2. The topological polar surface area (TPSA) is 110 Å². The molecule has 0 amide bonds.